The number of benzene rings is 1. The van der Waals surface area contributed by atoms with Gasteiger partial charge in [0.05, 0.1) is 6.33 Å². The first-order valence-electron chi connectivity index (χ1n) is 7.10. The lowest BCUT2D eigenvalue weighted by atomic mass is 10.1. The number of hydrogen-bond acceptors (Lipinski definition) is 5. The van der Waals surface area contributed by atoms with Crippen LogP contribution < -0.4 is 11.1 Å². The summed E-state index contributed by atoms with van der Waals surface area (Å²) >= 11 is 0. The number of nitrogens with one attached hydrogen (secondary N) is 1. The normalized spacial score (nSPS) is 10.4. The molecule has 0 bridgehead atoms. The molecule has 0 aliphatic rings. The minimum Gasteiger partial charge on any atom is -0.382 e. The Kier molecular flexibility index (Phi) is 4.28. The molecule has 3 N–H and O–H groups in total. The lowest BCUT2D eigenvalue weighted by molar-refractivity contribution is 0.0946. The number of nitrogen functional groups attached to an aromatic ring is 1. The molecule has 0 atom stereocenters. The van der Waals surface area contributed by atoms with E-state index in [4.69, 9.17) is 5.73 Å². The Hall–Kier alpha value is -3.22. The molecule has 2 aromatic heterocycles. The van der Waals surface area contributed by atoms with Crippen molar-refractivity contribution in [3.8, 4) is 0 Å². The van der Waals surface area contributed by atoms with Crippen LogP contribution >= 0.6 is 0 Å². The minimum absolute atomic E-state index is 0.126. The van der Waals surface area contributed by atoms with Crippen LogP contribution in [0.4, 0.5) is 5.82 Å². The van der Waals surface area contributed by atoms with Crippen molar-refractivity contribution in [3.63, 3.8) is 0 Å². The standard InChI is InChI=1S/C16H16N6O/c17-15-14(19-5-6-20-15)16(23)21-9-12-1-3-13(4-2-12)10-22-8-7-18-11-22/h1-8,11H,9-10H2,(H2,17,20)(H,21,23). The van der Waals surface area contributed by atoms with Crippen LogP contribution in [0, 0.1) is 0 Å². The first-order chi connectivity index (χ1) is 11.2. The Morgan fingerprint density at radius 3 is 2.52 bits per heavy atom. The van der Waals surface area contributed by atoms with E-state index in [9.17, 15) is 4.79 Å². The molecular weight excluding hydrogens is 292 g/mol. The SMILES string of the molecule is Nc1nccnc1C(=O)NCc1ccc(Cn2ccnc2)cc1. The van der Waals surface area contributed by atoms with E-state index < -0.39 is 0 Å². The highest BCUT2D eigenvalue weighted by Crippen LogP contribution is 2.07. The number of nitrogens with two attached hydrogens (primary N) is 1. The molecule has 0 fully saturated rings. The number of nitrogens with zero attached hydrogens (tertiary/aromatic N) is 4. The molecule has 2 heterocycles. The Morgan fingerprint density at radius 2 is 1.83 bits per heavy atom. The summed E-state index contributed by atoms with van der Waals surface area (Å²) in [6, 6.07) is 8.01. The van der Waals surface area contributed by atoms with Crippen LogP contribution in [0.1, 0.15) is 21.6 Å². The maximum Gasteiger partial charge on any atom is 0.273 e. The van der Waals surface area contributed by atoms with E-state index in [-0.39, 0.29) is 17.4 Å². The summed E-state index contributed by atoms with van der Waals surface area (Å²) in [6.07, 6.45) is 8.34. The molecule has 7 heteroatoms. The summed E-state index contributed by atoms with van der Waals surface area (Å²) in [5, 5.41) is 2.78. The Bertz CT molecular complexity index is 783. The number of imidazole rings is 1. The Labute approximate surface area is 133 Å². The second-order valence-corrected chi connectivity index (χ2v) is 5.02. The summed E-state index contributed by atoms with van der Waals surface area (Å²) in [6.45, 7) is 1.17. The van der Waals surface area contributed by atoms with Gasteiger partial charge in [0.1, 0.15) is 0 Å². The molecule has 0 radical (unpaired) electrons. The molecule has 3 aromatic rings. The smallest absolute Gasteiger partial charge is 0.273 e. The van der Waals surface area contributed by atoms with E-state index in [2.05, 4.69) is 20.3 Å². The molecule has 116 valence electrons. The zero-order valence-electron chi connectivity index (χ0n) is 12.4. The van der Waals surface area contributed by atoms with Crippen molar-refractivity contribution in [1.82, 2.24) is 24.8 Å². The van der Waals surface area contributed by atoms with Crippen LogP contribution in [-0.4, -0.2) is 25.4 Å². The van der Waals surface area contributed by atoms with E-state index >= 15 is 0 Å². The van der Waals surface area contributed by atoms with Crippen LogP contribution in [-0.2, 0) is 13.1 Å². The van der Waals surface area contributed by atoms with Gasteiger partial charge in [-0.15, -0.1) is 0 Å². The van der Waals surface area contributed by atoms with Gasteiger partial charge in [-0.2, -0.15) is 0 Å². The largest absolute Gasteiger partial charge is 0.382 e. The second-order valence-electron chi connectivity index (χ2n) is 5.02. The summed E-state index contributed by atoms with van der Waals surface area (Å²) in [7, 11) is 0. The molecule has 1 aromatic carbocycles. The third kappa shape index (κ3) is 3.70. The van der Waals surface area contributed by atoms with E-state index in [0.717, 1.165) is 17.7 Å². The topological polar surface area (TPSA) is 98.7 Å². The zero-order chi connectivity index (χ0) is 16.1. The van der Waals surface area contributed by atoms with Crippen molar-refractivity contribution < 1.29 is 4.79 Å². The Morgan fingerprint density at radius 1 is 1.09 bits per heavy atom. The van der Waals surface area contributed by atoms with Gasteiger partial charge >= 0.3 is 0 Å². The molecule has 3 rings (SSSR count). The molecule has 0 spiro atoms. The second kappa shape index (κ2) is 6.69. The third-order valence-electron chi connectivity index (χ3n) is 3.34. The summed E-state index contributed by atoms with van der Waals surface area (Å²) in [4.78, 5) is 23.8. The molecule has 23 heavy (non-hydrogen) atoms. The van der Waals surface area contributed by atoms with Gasteiger partial charge in [-0.3, -0.25) is 4.79 Å². The average molecular weight is 308 g/mol. The monoisotopic (exact) mass is 308 g/mol. The molecule has 0 unspecified atom stereocenters. The van der Waals surface area contributed by atoms with Gasteiger partial charge in [-0.1, -0.05) is 24.3 Å². The van der Waals surface area contributed by atoms with E-state index in [1.165, 1.54) is 12.4 Å². The van der Waals surface area contributed by atoms with Crippen molar-refractivity contribution in [3.05, 3.63) is 72.2 Å². The summed E-state index contributed by atoms with van der Waals surface area (Å²) in [5.74, 6) is -0.209. The van der Waals surface area contributed by atoms with Crippen LogP contribution in [0.5, 0.6) is 0 Å². The zero-order valence-corrected chi connectivity index (χ0v) is 12.4. The molecule has 0 saturated carbocycles. The van der Waals surface area contributed by atoms with Crippen LogP contribution in [0.15, 0.2) is 55.4 Å². The fourth-order valence-electron chi connectivity index (χ4n) is 2.14. The van der Waals surface area contributed by atoms with Crippen molar-refractivity contribution in [2.75, 3.05) is 5.73 Å². The number of anilines is 1. The maximum atomic E-state index is 12.0. The molecular formula is C16H16N6O. The molecule has 0 aliphatic carbocycles. The van der Waals surface area contributed by atoms with Crippen LogP contribution in [0.25, 0.3) is 0 Å². The first-order valence-corrected chi connectivity index (χ1v) is 7.10. The van der Waals surface area contributed by atoms with Crippen molar-refractivity contribution in [2.24, 2.45) is 0 Å². The van der Waals surface area contributed by atoms with E-state index in [1.807, 2.05) is 35.0 Å². The van der Waals surface area contributed by atoms with Gasteiger partial charge in [-0.25, -0.2) is 15.0 Å². The van der Waals surface area contributed by atoms with E-state index in [1.54, 1.807) is 12.5 Å². The number of carbonyl (C=O) groups excluding carboxylic acids is 1. The third-order valence-corrected chi connectivity index (χ3v) is 3.34. The van der Waals surface area contributed by atoms with Gasteiger partial charge in [0, 0.05) is 37.9 Å². The summed E-state index contributed by atoms with van der Waals surface area (Å²) in [5.41, 5.74) is 7.93. The van der Waals surface area contributed by atoms with Gasteiger partial charge in [0.25, 0.3) is 5.91 Å². The number of amides is 1. The number of rotatable bonds is 5. The quantitative estimate of drug-likeness (QED) is 0.738. The lowest BCUT2D eigenvalue weighted by Crippen LogP contribution is -2.25. The Balaban J connectivity index is 1.58. The average Bonchev–Trinajstić information content (AvgIpc) is 3.07. The van der Waals surface area contributed by atoms with Crippen LogP contribution in [0.2, 0.25) is 0 Å². The minimum atomic E-state index is -0.335. The first kappa shape index (κ1) is 14.7. The highest BCUT2D eigenvalue weighted by atomic mass is 16.1. The number of aromatic nitrogens is 4. The number of hydrogen-bond donors (Lipinski definition) is 2. The molecule has 1 amide bonds. The van der Waals surface area contributed by atoms with Crippen molar-refractivity contribution >= 4 is 11.7 Å². The van der Waals surface area contributed by atoms with Gasteiger partial charge < -0.3 is 15.6 Å². The van der Waals surface area contributed by atoms with Gasteiger partial charge in [-0.05, 0) is 11.1 Å². The fraction of sp³-hybridized carbons (Fsp3) is 0.125. The molecule has 7 nitrogen and oxygen atoms in total. The predicted octanol–water partition coefficient (Wildman–Crippen LogP) is 1.23. The van der Waals surface area contributed by atoms with Crippen molar-refractivity contribution in [2.45, 2.75) is 13.1 Å². The maximum absolute atomic E-state index is 12.0. The van der Waals surface area contributed by atoms with Gasteiger partial charge in [0.2, 0.25) is 0 Å². The van der Waals surface area contributed by atoms with Crippen molar-refractivity contribution in [1.29, 1.82) is 0 Å². The van der Waals surface area contributed by atoms with Crippen LogP contribution in [0.3, 0.4) is 0 Å². The van der Waals surface area contributed by atoms with E-state index in [0.29, 0.717) is 6.54 Å². The lowest BCUT2D eigenvalue weighted by Gasteiger charge is -2.07. The predicted molar refractivity (Wildman–Crippen MR) is 85.4 cm³/mol. The number of carbonyl (C=O) groups is 1. The fourth-order valence-corrected chi connectivity index (χ4v) is 2.14. The highest BCUT2D eigenvalue weighted by Gasteiger charge is 2.11. The summed E-state index contributed by atoms with van der Waals surface area (Å²) < 4.78 is 1.99. The molecule has 0 saturated heterocycles. The molecule has 0 aliphatic heterocycles. The highest BCUT2D eigenvalue weighted by molar-refractivity contribution is 5.96. The van der Waals surface area contributed by atoms with Gasteiger partial charge in [0.15, 0.2) is 11.5 Å².